The Kier molecular flexibility index (Phi) is 3.99. The zero-order valence-electron chi connectivity index (χ0n) is 8.93. The molecule has 0 aliphatic rings. The van der Waals surface area contributed by atoms with Gasteiger partial charge in [-0.2, -0.15) is 0 Å². The number of hydrogen-bond acceptors (Lipinski definition) is 5. The Hall–Kier alpha value is -2.16. The minimum Gasteiger partial charge on any atom is -0.480 e. The number of H-pyrrole nitrogens is 2. The van der Waals surface area contributed by atoms with Gasteiger partial charge in [0.1, 0.15) is 0 Å². The highest BCUT2D eigenvalue weighted by Crippen LogP contribution is 2.00. The molecule has 94 valence electrons. The summed E-state index contributed by atoms with van der Waals surface area (Å²) < 4.78 is 5.25. The number of carboxylic acids is 1. The summed E-state index contributed by atoms with van der Waals surface area (Å²) in [6.45, 7) is 1.53. The quantitative estimate of drug-likeness (QED) is 0.543. The number of carboxylic acid groups (broad SMARTS) is 1. The standard InChI is InChI=1S/C8H11N3O6/c1-2-17-3-4(5(12)13)11-7(15)9-6(14)10-8(11)16/h4H,2-3H2,1H3,(H,12,13)(H2,9,10,14,15,16). The molecule has 0 spiro atoms. The molecule has 3 N–H and O–H groups in total. The first kappa shape index (κ1) is 12.9. The maximum Gasteiger partial charge on any atom is 0.334 e. The van der Waals surface area contributed by atoms with Crippen molar-refractivity contribution in [3.8, 4) is 0 Å². The third-order valence-electron chi connectivity index (χ3n) is 1.96. The van der Waals surface area contributed by atoms with Gasteiger partial charge in [0.05, 0.1) is 6.61 Å². The molecule has 0 amide bonds. The van der Waals surface area contributed by atoms with E-state index in [4.69, 9.17) is 9.84 Å². The predicted octanol–water partition coefficient (Wildman–Crippen LogP) is -2.11. The molecule has 0 saturated carbocycles. The average molecular weight is 245 g/mol. The molecular formula is C8H11N3O6. The Morgan fingerprint density at radius 1 is 1.35 bits per heavy atom. The maximum atomic E-state index is 11.3. The van der Waals surface area contributed by atoms with E-state index in [9.17, 15) is 19.2 Å². The summed E-state index contributed by atoms with van der Waals surface area (Å²) in [5.74, 6) is -1.40. The van der Waals surface area contributed by atoms with Gasteiger partial charge >= 0.3 is 23.0 Å². The molecule has 0 aliphatic heterocycles. The lowest BCUT2D eigenvalue weighted by Crippen LogP contribution is -2.48. The van der Waals surface area contributed by atoms with Crippen LogP contribution in [0.3, 0.4) is 0 Å². The number of aromatic amines is 2. The zero-order valence-corrected chi connectivity index (χ0v) is 8.93. The second-order valence-corrected chi connectivity index (χ2v) is 3.07. The number of nitrogens with one attached hydrogen (secondary N) is 2. The summed E-state index contributed by atoms with van der Waals surface area (Å²) >= 11 is 0. The average Bonchev–Trinajstić information content (AvgIpc) is 2.20. The van der Waals surface area contributed by atoms with Crippen molar-refractivity contribution in [3.05, 3.63) is 31.5 Å². The minimum atomic E-state index is -1.48. The fourth-order valence-electron chi connectivity index (χ4n) is 1.21. The summed E-state index contributed by atoms with van der Waals surface area (Å²) in [5, 5.41) is 8.89. The SMILES string of the molecule is CCOCC(C(=O)O)n1c(=O)[nH]c(=O)[nH]c1=O. The molecule has 17 heavy (non-hydrogen) atoms. The molecule has 1 aromatic heterocycles. The fourth-order valence-corrected chi connectivity index (χ4v) is 1.21. The van der Waals surface area contributed by atoms with E-state index < -0.39 is 29.1 Å². The molecule has 1 aromatic rings. The summed E-state index contributed by atoms with van der Waals surface area (Å²) in [7, 11) is 0. The number of hydrogen-bond donors (Lipinski definition) is 3. The lowest BCUT2D eigenvalue weighted by atomic mass is 10.3. The van der Waals surface area contributed by atoms with Gasteiger partial charge in [-0.3, -0.25) is 9.97 Å². The van der Waals surface area contributed by atoms with Crippen LogP contribution in [0.15, 0.2) is 14.4 Å². The van der Waals surface area contributed by atoms with Crippen molar-refractivity contribution in [2.45, 2.75) is 13.0 Å². The lowest BCUT2D eigenvalue weighted by Gasteiger charge is -2.13. The van der Waals surface area contributed by atoms with Crippen molar-refractivity contribution >= 4 is 5.97 Å². The number of rotatable bonds is 5. The van der Waals surface area contributed by atoms with Gasteiger partial charge in [-0.15, -0.1) is 0 Å². The van der Waals surface area contributed by atoms with Crippen molar-refractivity contribution in [3.63, 3.8) is 0 Å². The Balaban J connectivity index is 3.29. The highest BCUT2D eigenvalue weighted by Gasteiger charge is 2.23. The Labute approximate surface area is 93.7 Å². The molecule has 9 nitrogen and oxygen atoms in total. The van der Waals surface area contributed by atoms with E-state index in [1.54, 1.807) is 16.9 Å². The maximum absolute atomic E-state index is 11.3. The largest absolute Gasteiger partial charge is 0.480 e. The van der Waals surface area contributed by atoms with Crippen LogP contribution >= 0.6 is 0 Å². The molecule has 1 atom stereocenters. The summed E-state index contributed by atoms with van der Waals surface area (Å²) in [6, 6.07) is -1.48. The van der Waals surface area contributed by atoms with Gasteiger partial charge in [0, 0.05) is 6.61 Å². The summed E-state index contributed by atoms with van der Waals surface area (Å²) in [5.41, 5.74) is -3.17. The first-order valence-corrected chi connectivity index (χ1v) is 4.73. The molecule has 0 fully saturated rings. The van der Waals surface area contributed by atoms with Crippen molar-refractivity contribution in [1.29, 1.82) is 0 Å². The molecule has 0 radical (unpaired) electrons. The number of carbonyl (C=O) groups is 1. The van der Waals surface area contributed by atoms with E-state index in [1.165, 1.54) is 0 Å². The van der Waals surface area contributed by atoms with Gasteiger partial charge in [0.25, 0.3) is 0 Å². The van der Waals surface area contributed by atoms with Crippen molar-refractivity contribution in [1.82, 2.24) is 14.5 Å². The Bertz CT molecular complexity index is 533. The zero-order chi connectivity index (χ0) is 13.0. The van der Waals surface area contributed by atoms with Gasteiger partial charge in [0.15, 0.2) is 6.04 Å². The van der Waals surface area contributed by atoms with Crippen LogP contribution in [0.4, 0.5) is 0 Å². The van der Waals surface area contributed by atoms with Crippen LogP contribution < -0.4 is 17.1 Å². The summed E-state index contributed by atoms with van der Waals surface area (Å²) in [4.78, 5) is 47.9. The molecule has 1 unspecified atom stereocenters. The first-order chi connectivity index (χ1) is 7.97. The van der Waals surface area contributed by atoms with Gasteiger partial charge in [0.2, 0.25) is 0 Å². The van der Waals surface area contributed by atoms with Gasteiger partial charge < -0.3 is 9.84 Å². The van der Waals surface area contributed by atoms with Crippen LogP contribution in [0, 0.1) is 0 Å². The molecule has 9 heteroatoms. The van der Waals surface area contributed by atoms with E-state index in [-0.39, 0.29) is 13.2 Å². The molecule has 1 rings (SSSR count). The number of ether oxygens (including phenoxy) is 1. The Morgan fingerprint density at radius 3 is 2.29 bits per heavy atom. The Morgan fingerprint density at radius 2 is 1.88 bits per heavy atom. The van der Waals surface area contributed by atoms with E-state index in [2.05, 4.69) is 0 Å². The third-order valence-corrected chi connectivity index (χ3v) is 1.96. The number of aromatic nitrogens is 3. The highest BCUT2D eigenvalue weighted by atomic mass is 16.5. The number of aliphatic carboxylic acids is 1. The van der Waals surface area contributed by atoms with Gasteiger partial charge in [-0.25, -0.2) is 23.7 Å². The van der Waals surface area contributed by atoms with Crippen LogP contribution in [-0.2, 0) is 9.53 Å². The smallest absolute Gasteiger partial charge is 0.334 e. The molecular weight excluding hydrogens is 234 g/mol. The first-order valence-electron chi connectivity index (χ1n) is 4.73. The third kappa shape index (κ3) is 2.91. The second kappa shape index (κ2) is 5.25. The van der Waals surface area contributed by atoms with Crippen LogP contribution in [-0.4, -0.2) is 38.8 Å². The molecule has 0 saturated heterocycles. The lowest BCUT2D eigenvalue weighted by molar-refractivity contribution is -0.143. The van der Waals surface area contributed by atoms with Crippen LogP contribution in [0.2, 0.25) is 0 Å². The monoisotopic (exact) mass is 245 g/mol. The van der Waals surface area contributed by atoms with Crippen molar-refractivity contribution in [2.24, 2.45) is 0 Å². The fraction of sp³-hybridized carbons (Fsp3) is 0.500. The molecule has 0 bridgehead atoms. The van der Waals surface area contributed by atoms with Gasteiger partial charge in [-0.05, 0) is 6.92 Å². The predicted molar refractivity (Wildman–Crippen MR) is 55.1 cm³/mol. The van der Waals surface area contributed by atoms with E-state index in [1.807, 2.05) is 0 Å². The van der Waals surface area contributed by atoms with E-state index in [0.717, 1.165) is 0 Å². The molecule has 0 aromatic carbocycles. The van der Waals surface area contributed by atoms with Gasteiger partial charge in [-0.1, -0.05) is 0 Å². The van der Waals surface area contributed by atoms with Crippen molar-refractivity contribution < 1.29 is 14.6 Å². The highest BCUT2D eigenvalue weighted by molar-refractivity contribution is 5.71. The van der Waals surface area contributed by atoms with Crippen molar-refractivity contribution in [2.75, 3.05) is 13.2 Å². The second-order valence-electron chi connectivity index (χ2n) is 3.07. The summed E-state index contributed by atoms with van der Waals surface area (Å²) in [6.07, 6.45) is 0. The number of nitrogens with zero attached hydrogens (tertiary/aromatic N) is 1. The molecule has 1 heterocycles. The van der Waals surface area contributed by atoms with Crippen LogP contribution in [0.25, 0.3) is 0 Å². The minimum absolute atomic E-state index is 0.236. The molecule has 0 aliphatic carbocycles. The normalized spacial score (nSPS) is 12.3. The van der Waals surface area contributed by atoms with E-state index in [0.29, 0.717) is 4.57 Å². The van der Waals surface area contributed by atoms with E-state index >= 15 is 0 Å². The van der Waals surface area contributed by atoms with Crippen LogP contribution in [0.5, 0.6) is 0 Å². The van der Waals surface area contributed by atoms with Crippen LogP contribution in [0.1, 0.15) is 13.0 Å². The topological polar surface area (TPSA) is 134 Å².